The van der Waals surface area contributed by atoms with E-state index >= 15 is 0 Å². The number of carbonyl (C=O) groups excluding carboxylic acids is 3. The number of nitrogens with one attached hydrogen (secondary N) is 4. The lowest BCUT2D eigenvalue weighted by Crippen LogP contribution is -2.63. The summed E-state index contributed by atoms with van der Waals surface area (Å²) in [6, 6.07) is 9.46. The third kappa shape index (κ3) is 12.4. The van der Waals surface area contributed by atoms with Crippen LogP contribution >= 0.6 is 0 Å². The minimum atomic E-state index is -4.61. The van der Waals surface area contributed by atoms with Crippen LogP contribution < -0.4 is 21.7 Å². The lowest BCUT2D eigenvalue weighted by atomic mass is 9.78. The molecule has 0 bridgehead atoms. The number of aliphatic imine (C=N–C) groups is 1. The van der Waals surface area contributed by atoms with Gasteiger partial charge in [-0.25, -0.2) is 4.39 Å². The van der Waals surface area contributed by atoms with Crippen molar-refractivity contribution < 1.29 is 36.7 Å². The number of carbonyl (C=O) groups is 3. The first-order valence-corrected chi connectivity index (χ1v) is 17.0. The lowest BCUT2D eigenvalue weighted by molar-refractivity contribution is -0.136. The highest BCUT2D eigenvalue weighted by atomic mass is 19.4. The average Bonchev–Trinajstić information content (AvgIpc) is 3.47. The molecule has 280 valence electrons. The Hall–Kier alpha value is -4.88. The highest BCUT2D eigenvalue weighted by molar-refractivity contribution is 5.97. The van der Waals surface area contributed by atoms with Crippen molar-refractivity contribution in [3.05, 3.63) is 83.1 Å². The predicted molar refractivity (Wildman–Crippen MR) is 191 cm³/mol. The van der Waals surface area contributed by atoms with Crippen molar-refractivity contribution in [2.45, 2.75) is 90.8 Å². The molecule has 0 saturated carbocycles. The van der Waals surface area contributed by atoms with E-state index in [2.05, 4.69) is 60.2 Å². The van der Waals surface area contributed by atoms with Gasteiger partial charge < -0.3 is 31.4 Å². The molecule has 6 N–H and O–H groups in total. The van der Waals surface area contributed by atoms with E-state index in [1.807, 2.05) is 0 Å². The summed E-state index contributed by atoms with van der Waals surface area (Å²) in [5.41, 5.74) is 3.99. The second-order valence-corrected chi connectivity index (χ2v) is 12.0. The normalized spacial score (nSPS) is 15.3. The largest absolute Gasteiger partial charge is 0.426 e. The number of aryl methyl sites for hydroxylation is 1. The van der Waals surface area contributed by atoms with Gasteiger partial charge in [0.2, 0.25) is 23.6 Å². The van der Waals surface area contributed by atoms with Crippen molar-refractivity contribution in [3.63, 3.8) is 0 Å². The standard InChI is InChI=1S/C29H30F4N6O4.2C4H10/c1-16(34)43-25(35-2)15-37-27(42)28(39-24(41)14-36-23(40)12-17-6-3-4-9-21(17)30)11-10-22-19(13-28)18-7-5-8-20(26(18)38-22)29(31,32)33;2*1-3-4-2/h3-9,38H,1,10-15,34H2,2H3,(H,36,40)(H,37,42)(H,39,41);2*3-4H2,1-2H3/t28-;;/m1../s1. The Morgan fingerprint density at radius 1 is 0.961 bits per heavy atom. The quantitative estimate of drug-likeness (QED) is 0.0690. The Balaban J connectivity index is 0.00000102. The third-order valence-corrected chi connectivity index (χ3v) is 8.08. The monoisotopic (exact) mass is 718 g/mol. The van der Waals surface area contributed by atoms with Crippen molar-refractivity contribution in [2.75, 3.05) is 20.1 Å². The molecule has 4 rings (SSSR count). The van der Waals surface area contributed by atoms with Crippen LogP contribution in [0.2, 0.25) is 0 Å². The van der Waals surface area contributed by atoms with Gasteiger partial charge in [-0.05, 0) is 42.7 Å². The van der Waals surface area contributed by atoms with Crippen LogP contribution in [-0.2, 0) is 44.6 Å². The van der Waals surface area contributed by atoms with Gasteiger partial charge in [0.25, 0.3) is 0 Å². The molecule has 10 nitrogen and oxygen atoms in total. The van der Waals surface area contributed by atoms with Crippen molar-refractivity contribution in [3.8, 4) is 0 Å². The fourth-order valence-corrected chi connectivity index (χ4v) is 5.07. The van der Waals surface area contributed by atoms with E-state index in [0.717, 1.165) is 6.07 Å². The van der Waals surface area contributed by atoms with Crippen LogP contribution in [0.3, 0.4) is 0 Å². The number of unbranched alkanes of at least 4 members (excludes halogenated alkanes) is 2. The molecular formula is C37H50F4N6O4. The molecule has 0 fully saturated rings. The topological polar surface area (TPSA) is 151 Å². The minimum absolute atomic E-state index is 0.0258. The Labute approximate surface area is 296 Å². The number of rotatable bonds is 11. The van der Waals surface area contributed by atoms with Crippen LogP contribution in [0, 0.1) is 5.82 Å². The summed E-state index contributed by atoms with van der Waals surface area (Å²) in [6.45, 7) is 11.4. The molecule has 3 amide bonds. The number of para-hydroxylation sites is 1. The molecule has 0 spiro atoms. The van der Waals surface area contributed by atoms with Crippen LogP contribution in [0.1, 0.15) is 82.2 Å². The van der Waals surface area contributed by atoms with E-state index in [4.69, 9.17) is 10.5 Å². The van der Waals surface area contributed by atoms with Gasteiger partial charge in [0.15, 0.2) is 5.88 Å². The van der Waals surface area contributed by atoms with Gasteiger partial charge in [-0.3, -0.25) is 19.4 Å². The molecule has 1 aliphatic carbocycles. The molecule has 1 heterocycles. The van der Waals surface area contributed by atoms with Crippen molar-refractivity contribution >= 4 is 34.5 Å². The second-order valence-electron chi connectivity index (χ2n) is 12.0. The van der Waals surface area contributed by atoms with E-state index in [1.165, 1.54) is 63.1 Å². The van der Waals surface area contributed by atoms with Crippen molar-refractivity contribution in [1.29, 1.82) is 0 Å². The van der Waals surface area contributed by atoms with E-state index in [1.54, 1.807) is 6.07 Å². The number of nitrogens with zero attached hydrogens (tertiary/aromatic N) is 1. The van der Waals surface area contributed by atoms with Crippen LogP contribution in [0.4, 0.5) is 17.6 Å². The fraction of sp³-hybridized carbons (Fsp3) is 0.459. The first kappa shape index (κ1) is 42.3. The fourth-order valence-electron chi connectivity index (χ4n) is 5.07. The summed E-state index contributed by atoms with van der Waals surface area (Å²) in [5, 5.41) is 8.01. The SMILES string of the molecule is C=C(N)OC(CNC(=O)[C@@]1(NC(=O)CNC(=O)Cc2ccccc2F)CCc2[nH]c3c(C(F)(F)F)cccc3c2C1)=NC.CCCC.CCCC. The zero-order valence-electron chi connectivity index (χ0n) is 30.0. The number of nitrogens with two attached hydrogens (primary N) is 1. The molecule has 0 radical (unpaired) electrons. The Morgan fingerprint density at radius 2 is 1.61 bits per heavy atom. The number of H-pyrrole nitrogens is 1. The maximum Gasteiger partial charge on any atom is 0.418 e. The first-order valence-electron chi connectivity index (χ1n) is 17.0. The molecular weight excluding hydrogens is 668 g/mol. The van der Waals surface area contributed by atoms with E-state index < -0.39 is 47.4 Å². The van der Waals surface area contributed by atoms with Gasteiger partial charge in [-0.15, -0.1) is 0 Å². The molecule has 0 saturated heterocycles. The van der Waals surface area contributed by atoms with Gasteiger partial charge in [0, 0.05) is 24.5 Å². The molecule has 0 unspecified atom stereocenters. The van der Waals surface area contributed by atoms with E-state index in [9.17, 15) is 31.9 Å². The van der Waals surface area contributed by atoms with E-state index in [-0.39, 0.29) is 60.5 Å². The number of halogens is 4. The van der Waals surface area contributed by atoms with Crippen LogP contribution in [0.5, 0.6) is 0 Å². The third-order valence-electron chi connectivity index (χ3n) is 8.08. The summed E-state index contributed by atoms with van der Waals surface area (Å²) in [4.78, 5) is 45.9. The Morgan fingerprint density at radius 3 is 2.18 bits per heavy atom. The summed E-state index contributed by atoms with van der Waals surface area (Å²) < 4.78 is 60.2. The second kappa shape index (κ2) is 20.1. The highest BCUT2D eigenvalue weighted by Crippen LogP contribution is 2.40. The first-order chi connectivity index (χ1) is 24.2. The number of ether oxygens (including phenoxy) is 1. The zero-order valence-corrected chi connectivity index (χ0v) is 30.0. The maximum absolute atomic E-state index is 13.9. The molecule has 1 atom stereocenters. The van der Waals surface area contributed by atoms with Gasteiger partial charge in [0.1, 0.15) is 11.4 Å². The van der Waals surface area contributed by atoms with Gasteiger partial charge in [0.05, 0.1) is 30.6 Å². The summed E-state index contributed by atoms with van der Waals surface area (Å²) in [5.74, 6) is -2.71. The number of aromatic nitrogens is 1. The Kier molecular flexibility index (Phi) is 16.7. The molecule has 1 aliphatic rings. The Bertz CT molecular complexity index is 1660. The lowest BCUT2D eigenvalue weighted by Gasteiger charge is -2.37. The van der Waals surface area contributed by atoms with Gasteiger partial charge in [-0.2, -0.15) is 13.2 Å². The van der Waals surface area contributed by atoms with Crippen LogP contribution in [-0.4, -0.2) is 54.3 Å². The summed E-state index contributed by atoms with van der Waals surface area (Å²) in [6.07, 6.45) is 0.377. The van der Waals surface area contributed by atoms with Gasteiger partial charge in [-0.1, -0.05) is 83.7 Å². The molecule has 2 aromatic carbocycles. The highest BCUT2D eigenvalue weighted by Gasteiger charge is 2.44. The number of aromatic amines is 1. The number of fused-ring (bicyclic) bond motifs is 3. The zero-order chi connectivity index (χ0) is 38.2. The van der Waals surface area contributed by atoms with Crippen molar-refractivity contribution in [2.24, 2.45) is 10.7 Å². The molecule has 3 aromatic rings. The maximum atomic E-state index is 13.9. The van der Waals surface area contributed by atoms with Crippen LogP contribution in [0.25, 0.3) is 10.9 Å². The van der Waals surface area contributed by atoms with Gasteiger partial charge >= 0.3 is 6.18 Å². The molecule has 14 heteroatoms. The summed E-state index contributed by atoms with van der Waals surface area (Å²) in [7, 11) is 1.41. The van der Waals surface area contributed by atoms with Crippen LogP contribution in [0.15, 0.2) is 59.9 Å². The number of hydrogen-bond donors (Lipinski definition) is 5. The average molecular weight is 719 g/mol. The molecule has 0 aliphatic heterocycles. The van der Waals surface area contributed by atoms with E-state index in [0.29, 0.717) is 11.3 Å². The molecule has 1 aromatic heterocycles. The number of benzene rings is 2. The summed E-state index contributed by atoms with van der Waals surface area (Å²) >= 11 is 0. The minimum Gasteiger partial charge on any atom is -0.426 e. The number of hydrogen-bond acceptors (Lipinski definition) is 6. The number of amides is 3. The molecule has 51 heavy (non-hydrogen) atoms. The number of alkyl halides is 3. The predicted octanol–water partition coefficient (Wildman–Crippen LogP) is 6.23. The smallest absolute Gasteiger partial charge is 0.418 e. The van der Waals surface area contributed by atoms with Crippen molar-refractivity contribution in [1.82, 2.24) is 20.9 Å².